The standard InChI is InChI=1S/C16H32N2/c1-4-14-8-9-18(15(10-14)11-17)16-12(2)6-5-7-13(16)3/h12-16H,4-11,17H2,1-3H3. The van der Waals surface area contributed by atoms with E-state index in [1.54, 1.807) is 0 Å². The van der Waals surface area contributed by atoms with E-state index in [0.717, 1.165) is 30.3 Å². The molecule has 0 aromatic rings. The number of nitrogens with two attached hydrogens (primary N) is 1. The summed E-state index contributed by atoms with van der Waals surface area (Å²) in [5, 5.41) is 0. The summed E-state index contributed by atoms with van der Waals surface area (Å²) < 4.78 is 0. The molecule has 2 nitrogen and oxygen atoms in total. The van der Waals surface area contributed by atoms with Crippen LogP contribution in [-0.4, -0.2) is 30.1 Å². The van der Waals surface area contributed by atoms with Crippen molar-refractivity contribution in [2.24, 2.45) is 23.5 Å². The van der Waals surface area contributed by atoms with Crippen LogP contribution in [0.25, 0.3) is 0 Å². The molecule has 4 unspecified atom stereocenters. The Bertz CT molecular complexity index is 243. The van der Waals surface area contributed by atoms with E-state index >= 15 is 0 Å². The van der Waals surface area contributed by atoms with Crippen LogP contribution in [-0.2, 0) is 0 Å². The van der Waals surface area contributed by atoms with Gasteiger partial charge in [-0.15, -0.1) is 0 Å². The topological polar surface area (TPSA) is 29.3 Å². The Morgan fingerprint density at radius 1 is 1.11 bits per heavy atom. The van der Waals surface area contributed by atoms with E-state index in [2.05, 4.69) is 25.7 Å². The molecule has 0 bridgehead atoms. The van der Waals surface area contributed by atoms with Crippen molar-refractivity contribution in [3.05, 3.63) is 0 Å². The summed E-state index contributed by atoms with van der Waals surface area (Å²) in [4.78, 5) is 2.79. The summed E-state index contributed by atoms with van der Waals surface area (Å²) >= 11 is 0. The first-order valence-electron chi connectivity index (χ1n) is 8.13. The minimum absolute atomic E-state index is 0.650. The van der Waals surface area contributed by atoms with Crippen molar-refractivity contribution in [2.45, 2.75) is 71.4 Å². The number of hydrogen-bond acceptors (Lipinski definition) is 2. The molecule has 1 heterocycles. The van der Waals surface area contributed by atoms with Gasteiger partial charge in [0, 0.05) is 18.6 Å². The number of piperidine rings is 1. The average molecular weight is 252 g/mol. The highest BCUT2D eigenvalue weighted by atomic mass is 15.2. The van der Waals surface area contributed by atoms with E-state index in [0.29, 0.717) is 6.04 Å². The highest BCUT2D eigenvalue weighted by Gasteiger charge is 2.38. The Labute approximate surface area is 113 Å². The van der Waals surface area contributed by atoms with Gasteiger partial charge in [-0.3, -0.25) is 4.90 Å². The van der Waals surface area contributed by atoms with Crippen molar-refractivity contribution >= 4 is 0 Å². The first-order chi connectivity index (χ1) is 8.67. The fraction of sp³-hybridized carbons (Fsp3) is 1.00. The molecule has 1 aliphatic carbocycles. The highest BCUT2D eigenvalue weighted by Crippen LogP contribution is 2.37. The molecule has 1 saturated heterocycles. The monoisotopic (exact) mass is 252 g/mol. The summed E-state index contributed by atoms with van der Waals surface area (Å²) in [5.74, 6) is 2.64. The maximum absolute atomic E-state index is 6.07. The van der Waals surface area contributed by atoms with Crippen LogP contribution in [0.2, 0.25) is 0 Å². The summed E-state index contributed by atoms with van der Waals surface area (Å²) in [6.45, 7) is 9.39. The van der Waals surface area contributed by atoms with Crippen molar-refractivity contribution in [1.29, 1.82) is 0 Å². The fourth-order valence-electron chi connectivity index (χ4n) is 4.47. The van der Waals surface area contributed by atoms with Gasteiger partial charge in [0.1, 0.15) is 0 Å². The lowest BCUT2D eigenvalue weighted by atomic mass is 9.75. The first-order valence-corrected chi connectivity index (χ1v) is 8.13. The molecule has 106 valence electrons. The molecule has 2 fully saturated rings. The van der Waals surface area contributed by atoms with E-state index in [4.69, 9.17) is 5.73 Å². The molecule has 0 radical (unpaired) electrons. The van der Waals surface area contributed by atoms with E-state index in [-0.39, 0.29) is 0 Å². The molecule has 2 rings (SSSR count). The van der Waals surface area contributed by atoms with E-state index in [1.165, 1.54) is 45.1 Å². The fourth-order valence-corrected chi connectivity index (χ4v) is 4.47. The van der Waals surface area contributed by atoms with E-state index in [9.17, 15) is 0 Å². The summed E-state index contributed by atoms with van der Waals surface area (Å²) in [6, 6.07) is 1.45. The van der Waals surface area contributed by atoms with Crippen LogP contribution in [0.15, 0.2) is 0 Å². The Hall–Kier alpha value is -0.0800. The first kappa shape index (κ1) is 14.3. The molecule has 18 heavy (non-hydrogen) atoms. The van der Waals surface area contributed by atoms with Crippen LogP contribution in [0.4, 0.5) is 0 Å². The molecule has 0 aromatic heterocycles. The predicted molar refractivity (Wildman–Crippen MR) is 78.5 cm³/mol. The van der Waals surface area contributed by atoms with Gasteiger partial charge in [-0.2, -0.15) is 0 Å². The molecule has 0 spiro atoms. The molecule has 2 N–H and O–H groups in total. The normalized spacial score (nSPS) is 43.0. The quantitative estimate of drug-likeness (QED) is 0.835. The van der Waals surface area contributed by atoms with Crippen molar-refractivity contribution in [3.8, 4) is 0 Å². The zero-order chi connectivity index (χ0) is 13.1. The van der Waals surface area contributed by atoms with Crippen LogP contribution >= 0.6 is 0 Å². The third-order valence-corrected chi connectivity index (χ3v) is 5.59. The SMILES string of the molecule is CCC1CCN(C2C(C)CCCC2C)C(CN)C1. The smallest absolute Gasteiger partial charge is 0.0224 e. The van der Waals surface area contributed by atoms with Gasteiger partial charge in [-0.05, 0) is 50.0 Å². The lowest BCUT2D eigenvalue weighted by Gasteiger charge is -2.49. The molecule has 1 aliphatic heterocycles. The Balaban J connectivity index is 2.05. The molecule has 0 aromatic carbocycles. The maximum atomic E-state index is 6.07. The predicted octanol–water partition coefficient (Wildman–Crippen LogP) is 3.26. The minimum Gasteiger partial charge on any atom is -0.329 e. The number of rotatable bonds is 3. The van der Waals surface area contributed by atoms with Gasteiger partial charge in [-0.1, -0.05) is 33.6 Å². The molecule has 0 amide bonds. The van der Waals surface area contributed by atoms with Crippen LogP contribution in [0, 0.1) is 17.8 Å². The van der Waals surface area contributed by atoms with Gasteiger partial charge in [0.15, 0.2) is 0 Å². The molecular weight excluding hydrogens is 220 g/mol. The van der Waals surface area contributed by atoms with Gasteiger partial charge in [0.2, 0.25) is 0 Å². The maximum Gasteiger partial charge on any atom is 0.0224 e. The second-order valence-corrected chi connectivity index (χ2v) is 6.80. The number of nitrogens with zero attached hydrogens (tertiary/aromatic N) is 1. The lowest BCUT2D eigenvalue weighted by molar-refractivity contribution is 0.00202. The van der Waals surface area contributed by atoms with Gasteiger partial charge in [0.25, 0.3) is 0 Å². The van der Waals surface area contributed by atoms with Crippen LogP contribution in [0.1, 0.15) is 59.3 Å². The van der Waals surface area contributed by atoms with Gasteiger partial charge >= 0.3 is 0 Å². The Kier molecular flexibility index (Phi) is 5.08. The van der Waals surface area contributed by atoms with Crippen molar-refractivity contribution in [3.63, 3.8) is 0 Å². The van der Waals surface area contributed by atoms with Crippen LogP contribution in [0.5, 0.6) is 0 Å². The molecule has 1 saturated carbocycles. The van der Waals surface area contributed by atoms with Crippen LogP contribution in [0.3, 0.4) is 0 Å². The van der Waals surface area contributed by atoms with Crippen LogP contribution < -0.4 is 5.73 Å². The largest absolute Gasteiger partial charge is 0.329 e. The van der Waals surface area contributed by atoms with Gasteiger partial charge < -0.3 is 5.73 Å². The molecule has 4 atom stereocenters. The highest BCUT2D eigenvalue weighted by molar-refractivity contribution is 4.92. The molecular formula is C16H32N2. The van der Waals surface area contributed by atoms with Gasteiger partial charge in [-0.25, -0.2) is 0 Å². The Morgan fingerprint density at radius 2 is 1.78 bits per heavy atom. The summed E-state index contributed by atoms with van der Waals surface area (Å²) in [5.41, 5.74) is 6.07. The summed E-state index contributed by atoms with van der Waals surface area (Å²) in [7, 11) is 0. The Morgan fingerprint density at radius 3 is 2.33 bits per heavy atom. The molecule has 2 heteroatoms. The van der Waals surface area contributed by atoms with E-state index < -0.39 is 0 Å². The van der Waals surface area contributed by atoms with Crippen molar-refractivity contribution in [1.82, 2.24) is 4.90 Å². The third kappa shape index (κ3) is 2.91. The van der Waals surface area contributed by atoms with E-state index in [1.807, 2.05) is 0 Å². The number of likely N-dealkylation sites (tertiary alicyclic amines) is 1. The van der Waals surface area contributed by atoms with Crippen molar-refractivity contribution in [2.75, 3.05) is 13.1 Å². The number of hydrogen-bond donors (Lipinski definition) is 1. The lowest BCUT2D eigenvalue weighted by Crippen LogP contribution is -2.56. The minimum atomic E-state index is 0.650. The second kappa shape index (κ2) is 6.38. The third-order valence-electron chi connectivity index (χ3n) is 5.59. The zero-order valence-electron chi connectivity index (χ0n) is 12.6. The van der Waals surface area contributed by atoms with Gasteiger partial charge in [0.05, 0.1) is 0 Å². The second-order valence-electron chi connectivity index (χ2n) is 6.80. The molecule has 2 aliphatic rings. The van der Waals surface area contributed by atoms with Crippen molar-refractivity contribution < 1.29 is 0 Å². The average Bonchev–Trinajstić information content (AvgIpc) is 2.38. The zero-order valence-corrected chi connectivity index (χ0v) is 12.6. The summed E-state index contributed by atoms with van der Waals surface area (Å²) in [6.07, 6.45) is 8.32.